The van der Waals surface area contributed by atoms with E-state index < -0.39 is 5.97 Å². The Morgan fingerprint density at radius 1 is 1.07 bits per heavy atom. The number of aromatic carboxylic acids is 1. The lowest BCUT2D eigenvalue weighted by atomic mass is 10.0. The van der Waals surface area contributed by atoms with Crippen molar-refractivity contribution in [3.8, 4) is 16.8 Å². The lowest BCUT2D eigenvalue weighted by Crippen LogP contribution is -2.23. The van der Waals surface area contributed by atoms with Crippen molar-refractivity contribution in [2.45, 2.75) is 6.92 Å². The fourth-order valence-corrected chi connectivity index (χ4v) is 3.12. The highest BCUT2D eigenvalue weighted by atomic mass is 16.4. The maximum atomic E-state index is 13.1. The van der Waals surface area contributed by atoms with Gasteiger partial charge in [0.2, 0.25) is 5.95 Å². The van der Waals surface area contributed by atoms with E-state index in [0.717, 1.165) is 0 Å². The van der Waals surface area contributed by atoms with Gasteiger partial charge in [0.15, 0.2) is 0 Å². The van der Waals surface area contributed by atoms with Crippen molar-refractivity contribution < 1.29 is 9.90 Å². The summed E-state index contributed by atoms with van der Waals surface area (Å²) in [6, 6.07) is 15.7. The third kappa shape index (κ3) is 2.88. The fraction of sp³-hybridized carbons (Fsp3) is 0.0476. The van der Waals surface area contributed by atoms with Crippen molar-refractivity contribution in [1.29, 1.82) is 0 Å². The first-order valence-corrected chi connectivity index (χ1v) is 8.54. The number of fused-ring (bicyclic) bond motifs is 1. The summed E-state index contributed by atoms with van der Waals surface area (Å²) in [5, 5.41) is 9.71. The Bertz CT molecular complexity index is 1280. The van der Waals surface area contributed by atoms with E-state index in [1.54, 1.807) is 49.5 Å². The van der Waals surface area contributed by atoms with Gasteiger partial charge in [0, 0.05) is 11.8 Å². The number of carboxylic acid groups (broad SMARTS) is 1. The monoisotopic (exact) mass is 372 g/mol. The number of para-hydroxylation sites is 1. The molecule has 7 heteroatoms. The molecule has 0 aliphatic heterocycles. The van der Waals surface area contributed by atoms with Crippen molar-refractivity contribution in [2.75, 3.05) is 5.73 Å². The van der Waals surface area contributed by atoms with E-state index in [9.17, 15) is 14.7 Å². The van der Waals surface area contributed by atoms with Crippen LogP contribution in [0.2, 0.25) is 0 Å². The van der Waals surface area contributed by atoms with Crippen LogP contribution < -0.4 is 11.3 Å². The molecule has 0 saturated heterocycles. The van der Waals surface area contributed by atoms with Gasteiger partial charge in [-0.15, -0.1) is 0 Å². The van der Waals surface area contributed by atoms with Gasteiger partial charge in [-0.25, -0.2) is 14.3 Å². The number of carbonyl (C=O) groups is 1. The number of hydrogen-bond acceptors (Lipinski definition) is 5. The first-order chi connectivity index (χ1) is 13.5. The third-order valence-corrected chi connectivity index (χ3v) is 4.56. The SMILES string of the molecule is Cc1ncc(-c2ccc3nc(N)n(-c4ccccc4)c(=O)c3c2)cc1C(=O)O. The van der Waals surface area contributed by atoms with Crippen molar-refractivity contribution in [3.05, 3.63) is 82.4 Å². The summed E-state index contributed by atoms with van der Waals surface area (Å²) in [7, 11) is 0. The van der Waals surface area contributed by atoms with Crippen LogP contribution in [0.15, 0.2) is 65.6 Å². The molecule has 2 aromatic carbocycles. The topological polar surface area (TPSA) is 111 Å². The van der Waals surface area contributed by atoms with Crippen LogP contribution in [-0.4, -0.2) is 25.6 Å². The highest BCUT2D eigenvalue weighted by molar-refractivity contribution is 5.91. The Hall–Kier alpha value is -4.00. The molecule has 0 spiro atoms. The minimum absolute atomic E-state index is 0.0987. The molecular formula is C21H16N4O3. The first kappa shape index (κ1) is 17.4. The van der Waals surface area contributed by atoms with E-state index in [1.165, 1.54) is 4.57 Å². The Labute approximate surface area is 159 Å². The molecule has 0 atom stereocenters. The first-order valence-electron chi connectivity index (χ1n) is 8.54. The summed E-state index contributed by atoms with van der Waals surface area (Å²) in [4.78, 5) is 33.0. The van der Waals surface area contributed by atoms with E-state index in [0.29, 0.717) is 33.4 Å². The highest BCUT2D eigenvalue weighted by Crippen LogP contribution is 2.24. The van der Waals surface area contributed by atoms with Gasteiger partial charge in [0.1, 0.15) is 0 Å². The number of nitrogens with two attached hydrogens (primary N) is 1. The molecule has 0 aliphatic rings. The molecule has 4 rings (SSSR count). The number of hydrogen-bond donors (Lipinski definition) is 2. The van der Waals surface area contributed by atoms with Crippen molar-refractivity contribution in [1.82, 2.24) is 14.5 Å². The minimum Gasteiger partial charge on any atom is -0.478 e. The molecule has 0 fully saturated rings. The number of nitrogens with zero attached hydrogens (tertiary/aromatic N) is 3. The second-order valence-electron chi connectivity index (χ2n) is 6.34. The van der Waals surface area contributed by atoms with Gasteiger partial charge in [-0.2, -0.15) is 0 Å². The number of pyridine rings is 1. The number of aromatic nitrogens is 3. The number of aryl methyl sites for hydroxylation is 1. The predicted molar refractivity (Wildman–Crippen MR) is 107 cm³/mol. The molecule has 138 valence electrons. The van der Waals surface area contributed by atoms with Crippen LogP contribution >= 0.6 is 0 Å². The van der Waals surface area contributed by atoms with Crippen LogP contribution in [0.3, 0.4) is 0 Å². The number of carboxylic acids is 1. The maximum Gasteiger partial charge on any atom is 0.337 e. The van der Waals surface area contributed by atoms with Gasteiger partial charge < -0.3 is 10.8 Å². The number of rotatable bonds is 3. The molecule has 2 heterocycles. The van der Waals surface area contributed by atoms with E-state index >= 15 is 0 Å². The summed E-state index contributed by atoms with van der Waals surface area (Å²) in [5.74, 6) is -0.949. The fourth-order valence-electron chi connectivity index (χ4n) is 3.12. The van der Waals surface area contributed by atoms with Crippen LogP contribution in [0.1, 0.15) is 16.1 Å². The zero-order valence-corrected chi connectivity index (χ0v) is 15.0. The van der Waals surface area contributed by atoms with E-state index in [4.69, 9.17) is 5.73 Å². The van der Waals surface area contributed by atoms with Crippen LogP contribution in [-0.2, 0) is 0 Å². The smallest absolute Gasteiger partial charge is 0.337 e. The molecule has 0 radical (unpaired) electrons. The molecule has 2 aromatic heterocycles. The largest absolute Gasteiger partial charge is 0.478 e. The number of anilines is 1. The molecule has 0 unspecified atom stereocenters. The van der Waals surface area contributed by atoms with Gasteiger partial charge in [-0.05, 0) is 42.8 Å². The summed E-state index contributed by atoms with van der Waals surface area (Å²) in [5.41, 5.74) is 8.63. The number of nitrogen functional groups attached to an aromatic ring is 1. The van der Waals surface area contributed by atoms with Crippen molar-refractivity contribution in [2.24, 2.45) is 0 Å². The molecule has 0 amide bonds. The second-order valence-corrected chi connectivity index (χ2v) is 6.34. The molecule has 3 N–H and O–H groups in total. The Morgan fingerprint density at radius 3 is 2.54 bits per heavy atom. The second kappa shape index (κ2) is 6.62. The Kier molecular flexibility index (Phi) is 4.12. The normalized spacial score (nSPS) is 10.9. The maximum absolute atomic E-state index is 13.1. The van der Waals surface area contributed by atoms with Crippen LogP contribution in [0.5, 0.6) is 0 Å². The van der Waals surface area contributed by atoms with Gasteiger partial charge in [-0.3, -0.25) is 9.78 Å². The molecule has 0 bridgehead atoms. The summed E-state index contributed by atoms with van der Waals surface area (Å²) in [6.45, 7) is 1.64. The quantitative estimate of drug-likeness (QED) is 0.572. The van der Waals surface area contributed by atoms with E-state index in [1.807, 2.05) is 18.2 Å². The van der Waals surface area contributed by atoms with E-state index in [-0.39, 0.29) is 17.1 Å². The van der Waals surface area contributed by atoms with Gasteiger partial charge in [0.05, 0.1) is 27.8 Å². The zero-order chi connectivity index (χ0) is 19.8. The summed E-state index contributed by atoms with van der Waals surface area (Å²) < 4.78 is 1.35. The molecular weight excluding hydrogens is 356 g/mol. The lowest BCUT2D eigenvalue weighted by Gasteiger charge is -2.11. The molecule has 7 nitrogen and oxygen atoms in total. The molecule has 0 saturated carbocycles. The number of benzene rings is 2. The predicted octanol–water partition coefficient (Wildman–Crippen LogP) is 3.04. The van der Waals surface area contributed by atoms with Crippen LogP contribution in [0.4, 0.5) is 5.95 Å². The van der Waals surface area contributed by atoms with E-state index in [2.05, 4.69) is 9.97 Å². The van der Waals surface area contributed by atoms with Gasteiger partial charge >= 0.3 is 5.97 Å². The van der Waals surface area contributed by atoms with Gasteiger partial charge in [0.25, 0.3) is 5.56 Å². The summed E-state index contributed by atoms with van der Waals surface area (Å²) in [6.07, 6.45) is 1.59. The van der Waals surface area contributed by atoms with Crippen LogP contribution in [0.25, 0.3) is 27.7 Å². The third-order valence-electron chi connectivity index (χ3n) is 4.56. The molecule has 28 heavy (non-hydrogen) atoms. The molecule has 4 aromatic rings. The molecule has 0 aliphatic carbocycles. The standard InChI is InChI=1S/C21H16N4O3/c1-12-16(20(27)28)10-14(11-23-12)13-7-8-18-17(9-13)19(26)25(21(22)24-18)15-5-3-2-4-6-15/h2-11H,1H3,(H2,22,24)(H,27,28). The minimum atomic E-state index is -1.05. The lowest BCUT2D eigenvalue weighted by molar-refractivity contribution is 0.0695. The Balaban J connectivity index is 1.94. The summed E-state index contributed by atoms with van der Waals surface area (Å²) >= 11 is 0. The van der Waals surface area contributed by atoms with Gasteiger partial charge in [-0.1, -0.05) is 24.3 Å². The highest BCUT2D eigenvalue weighted by Gasteiger charge is 2.14. The van der Waals surface area contributed by atoms with Crippen molar-refractivity contribution >= 4 is 22.8 Å². The average Bonchev–Trinajstić information content (AvgIpc) is 2.69. The van der Waals surface area contributed by atoms with Crippen molar-refractivity contribution in [3.63, 3.8) is 0 Å². The van der Waals surface area contributed by atoms with Crippen LogP contribution in [0, 0.1) is 6.92 Å². The zero-order valence-electron chi connectivity index (χ0n) is 15.0. The Morgan fingerprint density at radius 2 is 1.82 bits per heavy atom. The average molecular weight is 372 g/mol.